The van der Waals surface area contributed by atoms with Crippen LogP contribution >= 0.6 is 0 Å². The number of allylic oxidation sites excluding steroid dienone is 2. The van der Waals surface area contributed by atoms with E-state index in [1.807, 2.05) is 0 Å². The van der Waals surface area contributed by atoms with Gasteiger partial charge in [0, 0.05) is 11.1 Å². The van der Waals surface area contributed by atoms with Crippen LogP contribution in [0.1, 0.15) is 0 Å². The smallest absolute Gasteiger partial charge is 0.00475 e. The van der Waals surface area contributed by atoms with Crippen molar-refractivity contribution < 1.29 is 0 Å². The minimum Gasteiger partial charge on any atom is -0.0991 e. The molecule has 0 amide bonds. The van der Waals surface area contributed by atoms with Crippen LogP contribution in [-0.4, -0.2) is 0 Å². The molecule has 0 N–H and O–H groups in total. The maximum atomic E-state index is 7.67. The highest BCUT2D eigenvalue weighted by atomic mass is 15.1. The van der Waals surface area contributed by atoms with E-state index in [-0.39, 0.29) is 0 Å². The molecule has 0 aliphatic heterocycles. The molecule has 0 bridgehead atoms. The highest BCUT2D eigenvalue weighted by Crippen LogP contribution is 1.73. The van der Waals surface area contributed by atoms with E-state index in [0.29, 0.717) is 0 Å². The van der Waals surface area contributed by atoms with Crippen molar-refractivity contribution in [2.75, 3.05) is 0 Å². The van der Waals surface area contributed by atoms with Crippen molar-refractivity contribution in [1.29, 1.82) is 0 Å². The monoisotopic (exact) mass is 95.0 g/mol. The second-order valence-corrected chi connectivity index (χ2v) is 0.782. The molecular weight excluding hydrogens is 90.1 g/mol. The molecule has 0 aliphatic carbocycles. The molecule has 0 aliphatic rings. The summed E-state index contributed by atoms with van der Waals surface area (Å²) in [4.78, 5) is 2.46. The van der Waals surface area contributed by atoms with Crippen LogP contribution in [0.3, 0.4) is 0 Å². The van der Waals surface area contributed by atoms with Crippen molar-refractivity contribution in [3.63, 3.8) is 0 Å². The molecule has 0 radical (unpaired) electrons. The Labute approximate surface area is 41.6 Å². The number of rotatable bonds is 2. The third kappa shape index (κ3) is 4.79. The molecule has 0 saturated carbocycles. The van der Waals surface area contributed by atoms with Crippen LogP contribution in [0.2, 0.25) is 0 Å². The van der Waals surface area contributed by atoms with Crippen molar-refractivity contribution in [2.45, 2.75) is 0 Å². The van der Waals surface area contributed by atoms with Gasteiger partial charge in [-0.25, -0.2) is 0 Å². The minimum atomic E-state index is 1.33. The predicted molar refractivity (Wildman–Crippen MR) is 28.5 cm³/mol. The number of azide groups is 1. The van der Waals surface area contributed by atoms with Gasteiger partial charge in [0.1, 0.15) is 0 Å². The lowest BCUT2D eigenvalue weighted by atomic mass is 10.6. The zero-order valence-corrected chi connectivity index (χ0v) is 3.78. The quantitative estimate of drug-likeness (QED) is 0.218. The Morgan fingerprint density at radius 1 is 1.71 bits per heavy atom. The third-order valence-electron chi connectivity index (χ3n) is 0.340. The first-order valence-corrected chi connectivity index (χ1v) is 1.73. The van der Waals surface area contributed by atoms with Crippen LogP contribution in [0, 0.1) is 0 Å². The molecule has 7 heavy (non-hydrogen) atoms. The Bertz CT molecular complexity index is 119. The van der Waals surface area contributed by atoms with E-state index in [0.717, 1.165) is 0 Å². The highest BCUT2D eigenvalue weighted by Gasteiger charge is 1.51. The summed E-state index contributed by atoms with van der Waals surface area (Å²) in [5.74, 6) is 0. The third-order valence-corrected chi connectivity index (χ3v) is 0.340. The van der Waals surface area contributed by atoms with Gasteiger partial charge in [-0.2, -0.15) is 0 Å². The lowest BCUT2D eigenvalue weighted by molar-refractivity contribution is 1.51. The summed E-state index contributed by atoms with van der Waals surface area (Å²) in [6.07, 6.45) is 4.42. The van der Waals surface area contributed by atoms with Crippen LogP contribution in [0.5, 0.6) is 0 Å². The average molecular weight is 95.1 g/mol. The fourth-order valence-corrected chi connectivity index (χ4v) is 0.129. The van der Waals surface area contributed by atoms with Gasteiger partial charge < -0.3 is 0 Å². The van der Waals surface area contributed by atoms with E-state index in [1.54, 1.807) is 6.08 Å². The second-order valence-electron chi connectivity index (χ2n) is 0.782. The van der Waals surface area contributed by atoms with Gasteiger partial charge in [0.15, 0.2) is 0 Å². The molecule has 0 unspecified atom stereocenters. The molecule has 3 heteroatoms. The molecule has 0 heterocycles. The van der Waals surface area contributed by atoms with Crippen LogP contribution < -0.4 is 0 Å². The summed E-state index contributed by atoms with van der Waals surface area (Å²) < 4.78 is 0. The molecule has 0 aromatic rings. The molecule has 0 spiro atoms. The maximum Gasteiger partial charge on any atom is 0.00475 e. The first-order valence-electron chi connectivity index (χ1n) is 1.73. The van der Waals surface area contributed by atoms with E-state index in [1.165, 1.54) is 12.3 Å². The Balaban J connectivity index is 3.47. The molecule has 0 aromatic heterocycles. The summed E-state index contributed by atoms with van der Waals surface area (Å²) in [6, 6.07) is 0. The lowest BCUT2D eigenvalue weighted by Crippen LogP contribution is -1.38. The maximum absolute atomic E-state index is 7.67. The van der Waals surface area contributed by atoms with Crippen molar-refractivity contribution in [1.82, 2.24) is 0 Å². The minimum absolute atomic E-state index is 1.33. The van der Waals surface area contributed by atoms with Gasteiger partial charge in [-0.15, -0.1) is 0 Å². The topological polar surface area (TPSA) is 48.8 Å². The number of hydrogen-bond donors (Lipinski definition) is 0. The van der Waals surface area contributed by atoms with Crippen LogP contribution in [0.15, 0.2) is 30.0 Å². The Hall–Kier alpha value is -1.21. The predicted octanol–water partition coefficient (Wildman–Crippen LogP) is 2.00. The fraction of sp³-hybridized carbons (Fsp3) is 0. The van der Waals surface area contributed by atoms with Crippen LogP contribution in [0.25, 0.3) is 10.4 Å². The fourth-order valence-electron chi connectivity index (χ4n) is 0.129. The first kappa shape index (κ1) is 5.79. The Morgan fingerprint density at radius 2 is 2.43 bits per heavy atom. The van der Waals surface area contributed by atoms with Crippen molar-refractivity contribution in [3.8, 4) is 0 Å². The van der Waals surface area contributed by atoms with E-state index in [9.17, 15) is 0 Å². The van der Waals surface area contributed by atoms with E-state index < -0.39 is 0 Å². The van der Waals surface area contributed by atoms with Gasteiger partial charge in [-0.3, -0.25) is 0 Å². The molecule has 0 saturated heterocycles. The molecule has 0 rings (SSSR count). The van der Waals surface area contributed by atoms with E-state index in [4.69, 9.17) is 5.53 Å². The Kier molecular flexibility index (Phi) is 3.96. The lowest BCUT2D eigenvalue weighted by Gasteiger charge is -1.59. The number of hydrogen-bond acceptors (Lipinski definition) is 1. The zero-order valence-electron chi connectivity index (χ0n) is 3.78. The highest BCUT2D eigenvalue weighted by molar-refractivity contribution is 4.95. The molecule has 0 atom stereocenters. The zero-order chi connectivity index (χ0) is 5.54. The van der Waals surface area contributed by atoms with Crippen molar-refractivity contribution in [2.24, 2.45) is 5.11 Å². The number of nitrogens with zero attached hydrogens (tertiary/aromatic N) is 3. The van der Waals surface area contributed by atoms with Gasteiger partial charge in [0.05, 0.1) is 0 Å². The van der Waals surface area contributed by atoms with Gasteiger partial charge in [-0.05, 0) is 5.53 Å². The normalized spacial score (nSPS) is 8.00. The summed E-state index contributed by atoms with van der Waals surface area (Å²) >= 11 is 0. The van der Waals surface area contributed by atoms with Gasteiger partial charge in [-0.1, -0.05) is 23.8 Å². The second kappa shape index (κ2) is 4.79. The summed E-state index contributed by atoms with van der Waals surface area (Å²) in [5.41, 5.74) is 7.67. The molecular formula is C4H5N3. The molecule has 0 aromatic carbocycles. The SMILES string of the molecule is C=CC=CN=[N+]=[N-]. The molecule has 36 valence electrons. The van der Waals surface area contributed by atoms with E-state index in [2.05, 4.69) is 16.6 Å². The standard InChI is InChI=1S/C4H5N3/c1-2-3-4-6-7-5/h2-4H,1H2. The Morgan fingerprint density at radius 3 is 2.86 bits per heavy atom. The molecule has 0 fully saturated rings. The summed E-state index contributed by atoms with van der Waals surface area (Å²) in [6.45, 7) is 3.36. The van der Waals surface area contributed by atoms with Crippen molar-refractivity contribution in [3.05, 3.63) is 35.4 Å². The first-order chi connectivity index (χ1) is 3.41. The largest absolute Gasteiger partial charge is 0.0991 e. The summed E-state index contributed by atoms with van der Waals surface area (Å²) in [5, 5.41) is 3.09. The molecule has 3 nitrogen and oxygen atoms in total. The summed E-state index contributed by atoms with van der Waals surface area (Å²) in [7, 11) is 0. The van der Waals surface area contributed by atoms with Gasteiger partial charge in [0.25, 0.3) is 0 Å². The van der Waals surface area contributed by atoms with Gasteiger partial charge in [0.2, 0.25) is 0 Å². The van der Waals surface area contributed by atoms with Crippen LogP contribution in [0.4, 0.5) is 0 Å². The van der Waals surface area contributed by atoms with Gasteiger partial charge >= 0.3 is 0 Å². The van der Waals surface area contributed by atoms with Crippen LogP contribution in [-0.2, 0) is 0 Å². The van der Waals surface area contributed by atoms with Crippen molar-refractivity contribution >= 4 is 0 Å². The van der Waals surface area contributed by atoms with E-state index >= 15 is 0 Å². The average Bonchev–Trinajstić information content (AvgIpc) is 1.69.